The van der Waals surface area contributed by atoms with Crippen LogP contribution in [0.2, 0.25) is 5.02 Å². The topological polar surface area (TPSA) is 83.5 Å². The number of sulfonamides is 1. The lowest BCUT2D eigenvalue weighted by atomic mass is 10.1. The molecule has 0 bridgehead atoms. The Morgan fingerprint density at radius 1 is 1.04 bits per heavy atom. The minimum absolute atomic E-state index is 0.0430. The molecule has 1 aliphatic rings. The number of halogens is 1. The number of amides is 1. The largest absolute Gasteiger partial charge is 0.322 e. The second-order valence-electron chi connectivity index (χ2n) is 6.70. The van der Waals surface area contributed by atoms with Crippen LogP contribution in [0.3, 0.4) is 0 Å². The molecule has 0 aromatic heterocycles. The molecule has 8 heteroatoms. The van der Waals surface area contributed by atoms with Crippen LogP contribution in [0.15, 0.2) is 47.4 Å². The van der Waals surface area contributed by atoms with Crippen molar-refractivity contribution in [1.29, 1.82) is 0 Å². The minimum Gasteiger partial charge on any atom is -0.322 e. The van der Waals surface area contributed by atoms with Gasteiger partial charge < -0.3 is 5.32 Å². The van der Waals surface area contributed by atoms with E-state index in [0.29, 0.717) is 24.3 Å². The van der Waals surface area contributed by atoms with E-state index in [-0.39, 0.29) is 21.3 Å². The molecule has 28 heavy (non-hydrogen) atoms. The van der Waals surface area contributed by atoms with Gasteiger partial charge in [-0.15, -0.1) is 0 Å². The monoisotopic (exact) mass is 420 g/mol. The number of benzene rings is 2. The molecule has 0 unspecified atom stereocenters. The summed E-state index contributed by atoms with van der Waals surface area (Å²) in [6.07, 6.45) is 2.67. The smallest absolute Gasteiger partial charge is 0.257 e. The van der Waals surface area contributed by atoms with Crippen molar-refractivity contribution in [2.24, 2.45) is 0 Å². The lowest BCUT2D eigenvalue weighted by molar-refractivity contribution is 0.101. The Morgan fingerprint density at radius 2 is 1.75 bits per heavy atom. The molecule has 1 heterocycles. The number of hydrogen-bond acceptors (Lipinski definition) is 4. The first-order valence-corrected chi connectivity index (χ1v) is 10.8. The van der Waals surface area contributed by atoms with Crippen LogP contribution < -0.4 is 5.32 Å². The Hall–Kier alpha value is -2.22. The maximum atomic E-state index is 12.9. The van der Waals surface area contributed by atoms with Crippen molar-refractivity contribution in [2.75, 3.05) is 18.4 Å². The van der Waals surface area contributed by atoms with Gasteiger partial charge in [0.05, 0.1) is 15.5 Å². The molecule has 0 spiro atoms. The predicted octanol–water partition coefficient (Wildman–Crippen LogP) is 3.97. The predicted molar refractivity (Wildman–Crippen MR) is 108 cm³/mol. The fraction of sp³-hybridized carbons (Fsp3) is 0.300. The minimum atomic E-state index is -3.68. The van der Waals surface area contributed by atoms with Gasteiger partial charge >= 0.3 is 0 Å². The van der Waals surface area contributed by atoms with Gasteiger partial charge in [0.15, 0.2) is 5.78 Å². The van der Waals surface area contributed by atoms with E-state index in [1.807, 2.05) is 0 Å². The van der Waals surface area contributed by atoms with E-state index in [1.165, 1.54) is 29.4 Å². The summed E-state index contributed by atoms with van der Waals surface area (Å²) >= 11 is 6.15. The van der Waals surface area contributed by atoms with Crippen LogP contribution in [0, 0.1) is 0 Å². The second kappa shape index (κ2) is 8.43. The number of Topliss-reactive ketones (excluding diaryl/α,β-unsaturated/α-hetero) is 1. The van der Waals surface area contributed by atoms with Crippen molar-refractivity contribution < 1.29 is 18.0 Å². The van der Waals surface area contributed by atoms with Crippen LogP contribution in [0.1, 0.15) is 46.9 Å². The molecule has 0 aliphatic carbocycles. The zero-order valence-electron chi connectivity index (χ0n) is 15.4. The van der Waals surface area contributed by atoms with Crippen LogP contribution in [0.25, 0.3) is 0 Å². The van der Waals surface area contributed by atoms with E-state index in [0.717, 1.165) is 19.3 Å². The van der Waals surface area contributed by atoms with Crippen molar-refractivity contribution in [3.8, 4) is 0 Å². The zero-order chi connectivity index (χ0) is 20.3. The molecular formula is C20H21ClN2O4S. The summed E-state index contributed by atoms with van der Waals surface area (Å²) in [5.74, 6) is -0.662. The Kier molecular flexibility index (Phi) is 6.17. The van der Waals surface area contributed by atoms with Gasteiger partial charge in [0, 0.05) is 24.3 Å². The SMILES string of the molecule is CC(=O)c1cccc(NC(=O)c2cc(S(=O)(=O)N3CCCCC3)ccc2Cl)c1. The summed E-state index contributed by atoms with van der Waals surface area (Å²) in [6.45, 7) is 2.39. The van der Waals surface area contributed by atoms with Crippen molar-refractivity contribution in [3.63, 3.8) is 0 Å². The van der Waals surface area contributed by atoms with E-state index in [1.54, 1.807) is 24.3 Å². The maximum absolute atomic E-state index is 12.9. The molecule has 1 saturated heterocycles. The number of piperidine rings is 1. The molecule has 1 amide bonds. The lowest BCUT2D eigenvalue weighted by Gasteiger charge is -2.26. The summed E-state index contributed by atoms with van der Waals surface area (Å²) in [5.41, 5.74) is 0.955. The normalized spacial score (nSPS) is 15.2. The first-order valence-electron chi connectivity index (χ1n) is 9.01. The van der Waals surface area contributed by atoms with Crippen molar-refractivity contribution in [1.82, 2.24) is 4.31 Å². The molecule has 148 valence electrons. The van der Waals surface area contributed by atoms with E-state index in [9.17, 15) is 18.0 Å². The molecule has 0 saturated carbocycles. The summed E-state index contributed by atoms with van der Waals surface area (Å²) in [6, 6.07) is 10.6. The van der Waals surface area contributed by atoms with Gasteiger partial charge in [-0.2, -0.15) is 4.31 Å². The van der Waals surface area contributed by atoms with Crippen molar-refractivity contribution in [2.45, 2.75) is 31.1 Å². The molecule has 6 nitrogen and oxygen atoms in total. The number of carbonyl (C=O) groups is 2. The fourth-order valence-corrected chi connectivity index (χ4v) is 4.85. The summed E-state index contributed by atoms with van der Waals surface area (Å²) in [4.78, 5) is 24.2. The highest BCUT2D eigenvalue weighted by molar-refractivity contribution is 7.89. The lowest BCUT2D eigenvalue weighted by Crippen LogP contribution is -2.35. The Morgan fingerprint density at radius 3 is 2.43 bits per heavy atom. The Bertz CT molecular complexity index is 1010. The third-order valence-corrected chi connectivity index (χ3v) is 6.89. The van der Waals surface area contributed by atoms with Crippen LogP contribution >= 0.6 is 11.6 Å². The van der Waals surface area contributed by atoms with Crippen molar-refractivity contribution >= 4 is 39.0 Å². The average Bonchev–Trinajstić information content (AvgIpc) is 2.69. The molecular weight excluding hydrogens is 400 g/mol. The van der Waals surface area contributed by atoms with Crippen LogP contribution in [0.4, 0.5) is 5.69 Å². The highest BCUT2D eigenvalue weighted by atomic mass is 35.5. The fourth-order valence-electron chi connectivity index (χ4n) is 3.11. The highest BCUT2D eigenvalue weighted by Gasteiger charge is 2.27. The molecule has 2 aromatic carbocycles. The van der Waals surface area contributed by atoms with E-state index in [2.05, 4.69) is 5.32 Å². The Labute approximate surface area is 169 Å². The van der Waals surface area contributed by atoms with Crippen molar-refractivity contribution in [3.05, 3.63) is 58.6 Å². The number of carbonyl (C=O) groups excluding carboxylic acids is 2. The van der Waals surface area contributed by atoms with Gasteiger partial charge in [-0.1, -0.05) is 30.2 Å². The molecule has 3 rings (SSSR count). The van der Waals surface area contributed by atoms with Gasteiger partial charge in [-0.3, -0.25) is 9.59 Å². The summed E-state index contributed by atoms with van der Waals surface area (Å²) in [7, 11) is -3.68. The van der Waals surface area contributed by atoms with Gasteiger partial charge in [0.1, 0.15) is 0 Å². The molecule has 1 fully saturated rings. The third kappa shape index (κ3) is 4.43. The number of rotatable bonds is 5. The number of hydrogen-bond donors (Lipinski definition) is 1. The van der Waals surface area contributed by atoms with Crippen LogP contribution in [-0.2, 0) is 10.0 Å². The van der Waals surface area contributed by atoms with Gasteiger partial charge in [-0.25, -0.2) is 8.42 Å². The van der Waals surface area contributed by atoms with Gasteiger partial charge in [0.2, 0.25) is 10.0 Å². The number of nitrogens with one attached hydrogen (secondary N) is 1. The van der Waals surface area contributed by atoms with E-state index >= 15 is 0 Å². The van der Waals surface area contributed by atoms with E-state index in [4.69, 9.17) is 11.6 Å². The zero-order valence-corrected chi connectivity index (χ0v) is 17.0. The van der Waals surface area contributed by atoms with Crippen LogP contribution in [-0.4, -0.2) is 37.5 Å². The molecule has 1 N–H and O–H groups in total. The van der Waals surface area contributed by atoms with Crippen LogP contribution in [0.5, 0.6) is 0 Å². The first kappa shape index (κ1) is 20.5. The summed E-state index contributed by atoms with van der Waals surface area (Å²) in [5, 5.41) is 2.82. The van der Waals surface area contributed by atoms with Gasteiger partial charge in [-0.05, 0) is 50.1 Å². The number of anilines is 1. The maximum Gasteiger partial charge on any atom is 0.257 e. The molecule has 2 aromatic rings. The molecule has 1 aliphatic heterocycles. The summed E-state index contributed by atoms with van der Waals surface area (Å²) < 4.78 is 27.2. The highest BCUT2D eigenvalue weighted by Crippen LogP contribution is 2.26. The Balaban J connectivity index is 1.88. The first-order chi connectivity index (χ1) is 13.3. The molecule has 0 atom stereocenters. The number of ketones is 1. The standard InChI is InChI=1S/C20H21ClN2O4S/c1-14(24)15-6-5-7-16(12-15)22-20(25)18-13-17(8-9-19(18)21)28(26,27)23-10-3-2-4-11-23/h5-9,12-13H,2-4,10-11H2,1H3,(H,22,25). The van der Waals surface area contributed by atoms with Gasteiger partial charge in [0.25, 0.3) is 5.91 Å². The molecule has 0 radical (unpaired) electrons. The average molecular weight is 421 g/mol. The third-order valence-electron chi connectivity index (χ3n) is 4.66. The van der Waals surface area contributed by atoms with E-state index < -0.39 is 15.9 Å². The quantitative estimate of drug-likeness (QED) is 0.742. The number of nitrogens with zero attached hydrogens (tertiary/aromatic N) is 1. The second-order valence-corrected chi connectivity index (χ2v) is 9.04.